The summed E-state index contributed by atoms with van der Waals surface area (Å²) in [5, 5.41) is 13.7. The number of aromatic nitrogens is 1. The van der Waals surface area contributed by atoms with Gasteiger partial charge in [0.25, 0.3) is 0 Å². The number of phenols is 1. The zero-order valence-electron chi connectivity index (χ0n) is 8.77. The van der Waals surface area contributed by atoms with E-state index < -0.39 is 0 Å². The Morgan fingerprint density at radius 2 is 2.38 bits per heavy atom. The first-order valence-corrected chi connectivity index (χ1v) is 4.93. The lowest BCUT2D eigenvalue weighted by molar-refractivity contribution is -0.142. The molecule has 0 aliphatic rings. The maximum atomic E-state index is 11.3. The number of phenolic OH excluding ortho intramolecular Hbond substituents is 1. The van der Waals surface area contributed by atoms with Crippen molar-refractivity contribution in [2.75, 3.05) is 6.61 Å². The molecule has 0 saturated carbocycles. The van der Waals surface area contributed by atoms with Gasteiger partial charge in [0.2, 0.25) is 0 Å². The summed E-state index contributed by atoms with van der Waals surface area (Å²) < 4.78 is 9.83. The molecule has 0 fully saturated rings. The summed E-state index contributed by atoms with van der Waals surface area (Å²) in [6.45, 7) is 2.07. The highest BCUT2D eigenvalue weighted by Gasteiger charge is 2.13. The quantitative estimate of drug-likeness (QED) is 0.797. The minimum atomic E-state index is -0.360. The average Bonchev–Trinajstić information content (AvgIpc) is 2.61. The minimum Gasteiger partial charge on any atom is -0.508 e. The van der Waals surface area contributed by atoms with Gasteiger partial charge in [0.15, 0.2) is 5.58 Å². The van der Waals surface area contributed by atoms with E-state index in [-0.39, 0.29) is 18.1 Å². The molecule has 0 aliphatic carbocycles. The standard InChI is InChI=1S/C11H11NO4/c1-2-15-11(14)6-9-8-5-7(13)3-4-10(8)16-12-9/h3-5,13H,2,6H2,1H3. The lowest BCUT2D eigenvalue weighted by Gasteiger charge is -1.98. The van der Waals surface area contributed by atoms with Crippen LogP contribution in [-0.4, -0.2) is 22.8 Å². The van der Waals surface area contributed by atoms with E-state index in [1.54, 1.807) is 13.0 Å². The maximum Gasteiger partial charge on any atom is 0.312 e. The molecular weight excluding hydrogens is 210 g/mol. The van der Waals surface area contributed by atoms with E-state index >= 15 is 0 Å². The van der Waals surface area contributed by atoms with Gasteiger partial charge in [-0.15, -0.1) is 0 Å². The van der Waals surface area contributed by atoms with Crippen molar-refractivity contribution >= 4 is 16.9 Å². The molecule has 1 aromatic heterocycles. The summed E-state index contributed by atoms with van der Waals surface area (Å²) >= 11 is 0. The smallest absolute Gasteiger partial charge is 0.312 e. The number of fused-ring (bicyclic) bond motifs is 1. The summed E-state index contributed by atoms with van der Waals surface area (Å²) in [6, 6.07) is 4.62. The topological polar surface area (TPSA) is 72.6 Å². The molecule has 5 heteroatoms. The van der Waals surface area contributed by atoms with Crippen LogP contribution < -0.4 is 0 Å². The number of esters is 1. The number of carbonyl (C=O) groups excluding carboxylic acids is 1. The Balaban J connectivity index is 2.30. The summed E-state index contributed by atoms with van der Waals surface area (Å²) in [4.78, 5) is 11.3. The van der Waals surface area contributed by atoms with Gasteiger partial charge in [-0.2, -0.15) is 0 Å². The Morgan fingerprint density at radius 1 is 1.56 bits per heavy atom. The molecule has 84 valence electrons. The third-order valence-electron chi connectivity index (χ3n) is 2.15. The number of nitrogens with zero attached hydrogens (tertiary/aromatic N) is 1. The van der Waals surface area contributed by atoms with Gasteiger partial charge in [-0.3, -0.25) is 4.79 Å². The van der Waals surface area contributed by atoms with E-state index in [0.29, 0.717) is 23.3 Å². The Bertz CT molecular complexity index is 518. The van der Waals surface area contributed by atoms with E-state index in [1.807, 2.05) is 0 Å². The van der Waals surface area contributed by atoms with E-state index in [2.05, 4.69) is 5.16 Å². The van der Waals surface area contributed by atoms with Crippen LogP contribution in [0.4, 0.5) is 0 Å². The normalized spacial score (nSPS) is 10.6. The molecule has 0 amide bonds. The molecule has 0 atom stereocenters. The van der Waals surface area contributed by atoms with Gasteiger partial charge in [-0.1, -0.05) is 5.16 Å². The molecule has 1 N–H and O–H groups in total. The molecule has 0 saturated heterocycles. The van der Waals surface area contributed by atoms with Crippen LogP contribution >= 0.6 is 0 Å². The highest BCUT2D eigenvalue weighted by atomic mass is 16.5. The fourth-order valence-electron chi connectivity index (χ4n) is 1.45. The molecule has 2 aromatic rings. The summed E-state index contributed by atoms with van der Waals surface area (Å²) in [7, 11) is 0. The van der Waals surface area contributed by atoms with Gasteiger partial charge in [0.1, 0.15) is 11.4 Å². The molecule has 0 spiro atoms. The number of aromatic hydroxyl groups is 1. The number of rotatable bonds is 3. The minimum absolute atomic E-state index is 0.0459. The second-order valence-corrected chi connectivity index (χ2v) is 3.29. The van der Waals surface area contributed by atoms with Crippen LogP contribution in [0.3, 0.4) is 0 Å². The Labute approximate surface area is 91.6 Å². The first-order valence-electron chi connectivity index (χ1n) is 4.93. The Kier molecular flexibility index (Phi) is 2.76. The van der Waals surface area contributed by atoms with Crippen LogP contribution in [0.5, 0.6) is 5.75 Å². The maximum absolute atomic E-state index is 11.3. The van der Waals surface area contributed by atoms with Crippen molar-refractivity contribution in [3.63, 3.8) is 0 Å². The molecule has 0 bridgehead atoms. The Hall–Kier alpha value is -2.04. The first kappa shape index (κ1) is 10.5. The van der Waals surface area contributed by atoms with Crippen molar-refractivity contribution in [1.82, 2.24) is 5.16 Å². The lowest BCUT2D eigenvalue weighted by Crippen LogP contribution is -2.07. The molecule has 2 rings (SSSR count). The largest absolute Gasteiger partial charge is 0.508 e. The molecular formula is C11H11NO4. The number of hydrogen-bond acceptors (Lipinski definition) is 5. The van der Waals surface area contributed by atoms with Gasteiger partial charge >= 0.3 is 5.97 Å². The van der Waals surface area contributed by atoms with Crippen molar-refractivity contribution in [2.45, 2.75) is 13.3 Å². The van der Waals surface area contributed by atoms with Crippen molar-refractivity contribution in [3.05, 3.63) is 23.9 Å². The number of benzene rings is 1. The molecule has 16 heavy (non-hydrogen) atoms. The van der Waals surface area contributed by atoms with Crippen LogP contribution in [0, 0.1) is 0 Å². The number of ether oxygens (including phenoxy) is 1. The van der Waals surface area contributed by atoms with Crippen LogP contribution in [0.15, 0.2) is 22.7 Å². The van der Waals surface area contributed by atoms with Gasteiger partial charge in [-0.05, 0) is 25.1 Å². The fraction of sp³-hybridized carbons (Fsp3) is 0.273. The first-order chi connectivity index (χ1) is 7.70. The van der Waals surface area contributed by atoms with E-state index in [0.717, 1.165) is 0 Å². The van der Waals surface area contributed by atoms with Crippen LogP contribution in [-0.2, 0) is 16.0 Å². The second kappa shape index (κ2) is 4.22. The molecule has 0 unspecified atom stereocenters. The molecule has 1 heterocycles. The van der Waals surface area contributed by atoms with Crippen LogP contribution in [0.2, 0.25) is 0 Å². The zero-order chi connectivity index (χ0) is 11.5. The lowest BCUT2D eigenvalue weighted by atomic mass is 10.1. The fourth-order valence-corrected chi connectivity index (χ4v) is 1.45. The summed E-state index contributed by atoms with van der Waals surface area (Å²) in [5.41, 5.74) is 1.02. The van der Waals surface area contributed by atoms with E-state index in [4.69, 9.17) is 9.26 Å². The third-order valence-corrected chi connectivity index (χ3v) is 2.15. The van der Waals surface area contributed by atoms with Crippen molar-refractivity contribution in [1.29, 1.82) is 0 Å². The average molecular weight is 221 g/mol. The summed E-state index contributed by atoms with van der Waals surface area (Å²) in [6.07, 6.45) is 0.0459. The monoisotopic (exact) mass is 221 g/mol. The highest BCUT2D eigenvalue weighted by Crippen LogP contribution is 2.23. The molecule has 0 aliphatic heterocycles. The van der Waals surface area contributed by atoms with Crippen molar-refractivity contribution in [3.8, 4) is 5.75 Å². The van der Waals surface area contributed by atoms with Gasteiger partial charge in [0.05, 0.1) is 13.0 Å². The Morgan fingerprint density at radius 3 is 3.12 bits per heavy atom. The predicted molar refractivity (Wildman–Crippen MR) is 56.0 cm³/mol. The van der Waals surface area contributed by atoms with Crippen LogP contribution in [0.1, 0.15) is 12.6 Å². The van der Waals surface area contributed by atoms with Crippen molar-refractivity contribution < 1.29 is 19.2 Å². The van der Waals surface area contributed by atoms with E-state index in [1.165, 1.54) is 12.1 Å². The SMILES string of the molecule is CCOC(=O)Cc1noc2ccc(O)cc12. The molecule has 1 aromatic carbocycles. The molecule has 5 nitrogen and oxygen atoms in total. The van der Waals surface area contributed by atoms with Crippen LogP contribution in [0.25, 0.3) is 11.0 Å². The predicted octanol–water partition coefficient (Wildman–Crippen LogP) is 1.64. The summed E-state index contributed by atoms with van der Waals surface area (Å²) in [5.74, 6) is -0.248. The van der Waals surface area contributed by atoms with Gasteiger partial charge in [-0.25, -0.2) is 0 Å². The number of hydrogen-bond donors (Lipinski definition) is 1. The van der Waals surface area contributed by atoms with Gasteiger partial charge < -0.3 is 14.4 Å². The van der Waals surface area contributed by atoms with E-state index in [9.17, 15) is 9.90 Å². The van der Waals surface area contributed by atoms with Crippen molar-refractivity contribution in [2.24, 2.45) is 0 Å². The number of carbonyl (C=O) groups is 1. The highest BCUT2D eigenvalue weighted by molar-refractivity contribution is 5.85. The molecule has 0 radical (unpaired) electrons. The second-order valence-electron chi connectivity index (χ2n) is 3.29. The zero-order valence-corrected chi connectivity index (χ0v) is 8.77. The van der Waals surface area contributed by atoms with Gasteiger partial charge in [0, 0.05) is 5.39 Å². The third kappa shape index (κ3) is 1.98.